The molecular formula is C25H30N2O3. The lowest BCUT2D eigenvalue weighted by Crippen LogP contribution is -2.45. The first-order valence-electron chi connectivity index (χ1n) is 10.8. The first-order chi connectivity index (χ1) is 14.6. The largest absolute Gasteiger partial charge is 0.496 e. The Morgan fingerprint density at radius 3 is 2.50 bits per heavy atom. The van der Waals surface area contributed by atoms with Gasteiger partial charge in [-0.05, 0) is 42.9 Å². The summed E-state index contributed by atoms with van der Waals surface area (Å²) in [7, 11) is 3.36. The van der Waals surface area contributed by atoms with Crippen molar-refractivity contribution in [3.05, 3.63) is 54.1 Å². The van der Waals surface area contributed by atoms with Crippen molar-refractivity contribution >= 4 is 11.8 Å². The van der Waals surface area contributed by atoms with Gasteiger partial charge in [0.25, 0.3) is 0 Å². The number of nitrogens with zero attached hydrogens (tertiary/aromatic N) is 1. The van der Waals surface area contributed by atoms with Crippen LogP contribution in [-0.2, 0) is 16.0 Å². The zero-order valence-electron chi connectivity index (χ0n) is 17.8. The minimum absolute atomic E-state index is 0.0280. The lowest BCUT2D eigenvalue weighted by molar-refractivity contribution is -0.138. The fraction of sp³-hybridized carbons (Fsp3) is 0.440. The molecule has 0 bridgehead atoms. The predicted molar refractivity (Wildman–Crippen MR) is 117 cm³/mol. The van der Waals surface area contributed by atoms with Crippen molar-refractivity contribution in [3.63, 3.8) is 0 Å². The maximum Gasteiger partial charge on any atom is 0.228 e. The molecule has 1 heterocycles. The third kappa shape index (κ3) is 3.81. The van der Waals surface area contributed by atoms with Crippen LogP contribution in [0.4, 0.5) is 0 Å². The van der Waals surface area contributed by atoms with Crippen LogP contribution in [0.3, 0.4) is 0 Å². The topological polar surface area (TPSA) is 58.6 Å². The van der Waals surface area contributed by atoms with E-state index in [0.717, 1.165) is 41.7 Å². The molecule has 2 aromatic rings. The van der Waals surface area contributed by atoms with Crippen LogP contribution in [-0.4, -0.2) is 44.0 Å². The third-order valence-electron chi connectivity index (χ3n) is 6.74. The van der Waals surface area contributed by atoms with Gasteiger partial charge in [0.1, 0.15) is 5.75 Å². The molecular weight excluding hydrogens is 376 g/mol. The number of rotatable bonds is 6. The van der Waals surface area contributed by atoms with Gasteiger partial charge in [-0.2, -0.15) is 0 Å². The molecule has 0 aromatic heterocycles. The summed E-state index contributed by atoms with van der Waals surface area (Å²) in [6, 6.07) is 16.3. The zero-order chi connectivity index (χ0) is 21.1. The van der Waals surface area contributed by atoms with Gasteiger partial charge >= 0.3 is 0 Å². The summed E-state index contributed by atoms with van der Waals surface area (Å²) in [6.07, 6.45) is 4.47. The summed E-state index contributed by atoms with van der Waals surface area (Å²) >= 11 is 0. The predicted octanol–water partition coefficient (Wildman–Crippen LogP) is 3.67. The molecule has 2 aliphatic rings. The first-order valence-corrected chi connectivity index (χ1v) is 10.8. The second-order valence-electron chi connectivity index (χ2n) is 8.57. The molecule has 4 rings (SSSR count). The Morgan fingerprint density at radius 2 is 1.87 bits per heavy atom. The van der Waals surface area contributed by atoms with Gasteiger partial charge in [-0.15, -0.1) is 0 Å². The van der Waals surface area contributed by atoms with Gasteiger partial charge in [0.05, 0.1) is 12.5 Å². The van der Waals surface area contributed by atoms with E-state index in [0.29, 0.717) is 25.9 Å². The molecule has 1 unspecified atom stereocenters. The van der Waals surface area contributed by atoms with Crippen molar-refractivity contribution in [2.75, 3.05) is 27.2 Å². The van der Waals surface area contributed by atoms with Crippen molar-refractivity contribution in [1.29, 1.82) is 0 Å². The third-order valence-corrected chi connectivity index (χ3v) is 6.74. The molecule has 2 amide bonds. The van der Waals surface area contributed by atoms with E-state index < -0.39 is 5.41 Å². The Hall–Kier alpha value is -2.82. The van der Waals surface area contributed by atoms with Crippen LogP contribution in [0.25, 0.3) is 11.1 Å². The zero-order valence-corrected chi connectivity index (χ0v) is 17.8. The van der Waals surface area contributed by atoms with E-state index in [1.807, 2.05) is 29.2 Å². The number of nitrogens with one attached hydrogen (secondary N) is 1. The van der Waals surface area contributed by atoms with Crippen molar-refractivity contribution in [3.8, 4) is 16.9 Å². The van der Waals surface area contributed by atoms with Crippen molar-refractivity contribution in [2.24, 2.45) is 11.3 Å². The molecule has 0 radical (unpaired) electrons. The van der Waals surface area contributed by atoms with Crippen LogP contribution >= 0.6 is 0 Å². The molecule has 5 nitrogen and oxygen atoms in total. The van der Waals surface area contributed by atoms with E-state index in [1.165, 1.54) is 0 Å². The van der Waals surface area contributed by atoms with E-state index in [2.05, 4.69) is 29.6 Å². The molecule has 2 aromatic carbocycles. The number of benzene rings is 2. The number of methoxy groups -OCH3 is 1. The SMILES string of the molecule is CNC(=O)C1(Cc2ccc(-c3ccccc3OC)cc2)CCN(C(=O)C2CCC2)C1. The number of carbonyl (C=O) groups excluding carboxylic acids is 2. The van der Waals surface area contributed by atoms with E-state index in [-0.39, 0.29) is 17.7 Å². The number of hydrogen-bond acceptors (Lipinski definition) is 3. The number of ether oxygens (including phenoxy) is 1. The highest BCUT2D eigenvalue weighted by molar-refractivity contribution is 5.86. The second-order valence-corrected chi connectivity index (χ2v) is 8.57. The van der Waals surface area contributed by atoms with Crippen molar-refractivity contribution in [2.45, 2.75) is 32.1 Å². The highest BCUT2D eigenvalue weighted by atomic mass is 16.5. The molecule has 1 saturated heterocycles. The van der Waals surface area contributed by atoms with Crippen LogP contribution in [0.5, 0.6) is 5.75 Å². The smallest absolute Gasteiger partial charge is 0.228 e. The number of likely N-dealkylation sites (tertiary alicyclic amines) is 1. The Labute approximate surface area is 178 Å². The molecule has 1 aliphatic heterocycles. The lowest BCUT2D eigenvalue weighted by Gasteiger charge is -2.31. The highest BCUT2D eigenvalue weighted by Gasteiger charge is 2.46. The normalized spacial score (nSPS) is 21.2. The van der Waals surface area contributed by atoms with Crippen molar-refractivity contribution < 1.29 is 14.3 Å². The molecule has 1 N–H and O–H groups in total. The van der Waals surface area contributed by atoms with Gasteiger partial charge in [-0.1, -0.05) is 48.9 Å². The number of amides is 2. The molecule has 0 spiro atoms. The summed E-state index contributed by atoms with van der Waals surface area (Å²) in [5, 5.41) is 2.84. The second kappa shape index (κ2) is 8.50. The number of hydrogen-bond donors (Lipinski definition) is 1. The number of carbonyl (C=O) groups is 2. The van der Waals surface area contributed by atoms with Gasteiger partial charge in [0.15, 0.2) is 0 Å². The molecule has 2 fully saturated rings. The van der Waals surface area contributed by atoms with E-state index in [1.54, 1.807) is 14.2 Å². The highest BCUT2D eigenvalue weighted by Crippen LogP contribution is 2.38. The van der Waals surface area contributed by atoms with E-state index in [4.69, 9.17) is 4.74 Å². The molecule has 1 atom stereocenters. The summed E-state index contributed by atoms with van der Waals surface area (Å²) in [6.45, 7) is 1.18. The Morgan fingerprint density at radius 1 is 1.13 bits per heavy atom. The first kappa shape index (κ1) is 20.5. The standard InChI is InChI=1S/C25H30N2O3/c1-26-24(29)25(14-15-27(17-25)23(28)20-6-5-7-20)16-18-10-12-19(13-11-18)21-8-3-4-9-22(21)30-2/h3-4,8-13,20H,5-7,14-17H2,1-2H3,(H,26,29). The molecule has 5 heteroatoms. The fourth-order valence-electron chi connectivity index (χ4n) is 4.73. The quantitative estimate of drug-likeness (QED) is 0.796. The lowest BCUT2D eigenvalue weighted by atomic mass is 9.79. The summed E-state index contributed by atoms with van der Waals surface area (Å²) in [5.41, 5.74) is 2.68. The van der Waals surface area contributed by atoms with Crippen LogP contribution in [0.15, 0.2) is 48.5 Å². The summed E-state index contributed by atoms with van der Waals surface area (Å²) < 4.78 is 5.48. The molecule has 1 saturated carbocycles. The molecule has 1 aliphatic carbocycles. The fourth-order valence-corrected chi connectivity index (χ4v) is 4.73. The average Bonchev–Trinajstić information content (AvgIpc) is 3.17. The van der Waals surface area contributed by atoms with Gasteiger partial charge in [0.2, 0.25) is 11.8 Å². The Bertz CT molecular complexity index is 920. The maximum absolute atomic E-state index is 12.9. The maximum atomic E-state index is 12.9. The molecule has 158 valence electrons. The average molecular weight is 407 g/mol. The van der Waals surface area contributed by atoms with Gasteiger partial charge in [-0.3, -0.25) is 9.59 Å². The Balaban J connectivity index is 1.53. The van der Waals surface area contributed by atoms with Gasteiger partial charge in [0, 0.05) is 31.6 Å². The van der Waals surface area contributed by atoms with Crippen molar-refractivity contribution in [1.82, 2.24) is 10.2 Å². The minimum atomic E-state index is -0.555. The van der Waals surface area contributed by atoms with Crippen LogP contribution in [0, 0.1) is 11.3 Å². The van der Waals surface area contributed by atoms with Crippen LogP contribution in [0.2, 0.25) is 0 Å². The van der Waals surface area contributed by atoms with Gasteiger partial charge < -0.3 is 15.0 Å². The monoisotopic (exact) mass is 406 g/mol. The van der Waals surface area contributed by atoms with E-state index >= 15 is 0 Å². The number of para-hydroxylation sites is 1. The van der Waals surface area contributed by atoms with Crippen LogP contribution < -0.4 is 10.1 Å². The van der Waals surface area contributed by atoms with Crippen LogP contribution in [0.1, 0.15) is 31.2 Å². The molecule has 30 heavy (non-hydrogen) atoms. The Kier molecular flexibility index (Phi) is 5.80. The summed E-state index contributed by atoms with van der Waals surface area (Å²) in [4.78, 5) is 27.5. The summed E-state index contributed by atoms with van der Waals surface area (Å²) in [5.74, 6) is 1.28. The minimum Gasteiger partial charge on any atom is -0.496 e. The van der Waals surface area contributed by atoms with Gasteiger partial charge in [-0.25, -0.2) is 0 Å². The van der Waals surface area contributed by atoms with E-state index in [9.17, 15) is 9.59 Å².